The Kier molecular flexibility index (Phi) is 2.48. The van der Waals surface area contributed by atoms with Crippen LogP contribution >= 0.6 is 18.2 Å². The van der Waals surface area contributed by atoms with Crippen LogP contribution in [0.3, 0.4) is 0 Å². The number of rotatable bonds is 0. The first-order valence-electron chi connectivity index (χ1n) is 3.38. The van der Waals surface area contributed by atoms with Crippen molar-refractivity contribution in [3.63, 3.8) is 0 Å². The molecule has 84 valence electrons. The molecule has 1 saturated heterocycles. The lowest BCUT2D eigenvalue weighted by atomic mass is 9.90. The molecule has 0 aromatic rings. The van der Waals surface area contributed by atoms with Gasteiger partial charge in [-0.05, 0) is 13.8 Å². The lowest BCUT2D eigenvalue weighted by Gasteiger charge is -2.43. The van der Waals surface area contributed by atoms with Crippen molar-refractivity contribution < 1.29 is 31.2 Å². The number of hydrogen-bond donors (Lipinski definition) is 0. The van der Waals surface area contributed by atoms with Crippen molar-refractivity contribution in [2.24, 2.45) is 5.41 Å². The zero-order valence-corrected chi connectivity index (χ0v) is 8.71. The van der Waals surface area contributed by atoms with Gasteiger partial charge in [0.05, 0.1) is 0 Å². The fraction of sp³-hybridized carbons (Fsp3) is 1.00. The van der Waals surface area contributed by atoms with Crippen molar-refractivity contribution in [2.75, 3.05) is 0 Å². The van der Waals surface area contributed by atoms with Crippen LogP contribution in [0.15, 0.2) is 0 Å². The SMILES string of the molecule is CC1(C)C(F)(F)OP(=O)(Cl)OC1(F)F. The molecule has 0 aromatic heterocycles. The highest BCUT2D eigenvalue weighted by molar-refractivity contribution is 7.81. The summed E-state index contributed by atoms with van der Waals surface area (Å²) in [6.45, 7) is -3.90. The van der Waals surface area contributed by atoms with Crippen LogP contribution in [0.2, 0.25) is 0 Å². The zero-order valence-electron chi connectivity index (χ0n) is 7.06. The molecule has 1 rings (SSSR count). The maximum atomic E-state index is 12.9. The molecule has 1 fully saturated rings. The molecule has 9 heteroatoms. The molecule has 1 aliphatic rings. The number of hydrogen-bond acceptors (Lipinski definition) is 3. The first kappa shape index (κ1) is 12.2. The van der Waals surface area contributed by atoms with Crippen molar-refractivity contribution in [1.29, 1.82) is 0 Å². The normalized spacial score (nSPS) is 32.5. The molecule has 0 N–H and O–H groups in total. The summed E-state index contributed by atoms with van der Waals surface area (Å²) < 4.78 is 69.4. The minimum absolute atomic E-state index is 0.517. The maximum absolute atomic E-state index is 12.9. The van der Waals surface area contributed by atoms with E-state index in [1.807, 2.05) is 0 Å². The molecule has 0 radical (unpaired) electrons. The number of halogens is 5. The minimum atomic E-state index is -4.94. The Morgan fingerprint density at radius 2 is 1.36 bits per heavy atom. The van der Waals surface area contributed by atoms with Crippen molar-refractivity contribution in [1.82, 2.24) is 0 Å². The summed E-state index contributed by atoms with van der Waals surface area (Å²) >= 11 is 4.72. The Labute approximate surface area is 81.6 Å². The molecular formula is C5H6ClF4O3P. The van der Waals surface area contributed by atoms with E-state index in [0.29, 0.717) is 13.8 Å². The van der Waals surface area contributed by atoms with Crippen LogP contribution in [-0.2, 0) is 13.6 Å². The summed E-state index contributed by atoms with van der Waals surface area (Å²) in [7, 11) is 0. The van der Waals surface area contributed by atoms with E-state index in [2.05, 4.69) is 9.05 Å². The zero-order chi connectivity index (χ0) is 11.4. The molecule has 0 atom stereocenters. The Morgan fingerprint density at radius 1 is 1.07 bits per heavy atom. The average Bonchev–Trinajstić information content (AvgIpc) is 1.77. The van der Waals surface area contributed by atoms with Gasteiger partial charge in [-0.15, -0.1) is 0 Å². The molecule has 0 saturated carbocycles. The van der Waals surface area contributed by atoms with E-state index < -0.39 is 24.6 Å². The molecule has 0 bridgehead atoms. The second-order valence-electron chi connectivity index (χ2n) is 3.27. The first-order chi connectivity index (χ1) is 5.91. The molecule has 1 heterocycles. The standard InChI is InChI=1S/C5H6ClF4O3P/c1-3(2)4(7,8)12-14(6,11)13-5(3,9)10/h1-2H3. The van der Waals surface area contributed by atoms with Crippen LogP contribution in [0.4, 0.5) is 17.6 Å². The van der Waals surface area contributed by atoms with E-state index in [4.69, 9.17) is 11.2 Å². The quantitative estimate of drug-likeness (QED) is 0.491. The van der Waals surface area contributed by atoms with E-state index >= 15 is 0 Å². The lowest BCUT2D eigenvalue weighted by molar-refractivity contribution is -0.389. The molecule has 0 amide bonds. The second-order valence-corrected chi connectivity index (χ2v) is 5.74. The summed E-state index contributed by atoms with van der Waals surface area (Å²) in [6.07, 6.45) is -8.65. The van der Waals surface area contributed by atoms with Crippen molar-refractivity contribution in [3.05, 3.63) is 0 Å². The van der Waals surface area contributed by atoms with Crippen LogP contribution in [0.25, 0.3) is 0 Å². The Morgan fingerprint density at radius 3 is 1.64 bits per heavy atom. The van der Waals surface area contributed by atoms with Gasteiger partial charge in [-0.25, -0.2) is 13.6 Å². The topological polar surface area (TPSA) is 35.5 Å². The van der Waals surface area contributed by atoms with Crippen LogP contribution in [-0.4, -0.2) is 12.2 Å². The van der Waals surface area contributed by atoms with Gasteiger partial charge in [0.15, 0.2) is 0 Å². The van der Waals surface area contributed by atoms with Gasteiger partial charge in [0, 0.05) is 11.2 Å². The first-order valence-corrected chi connectivity index (χ1v) is 5.83. The van der Waals surface area contributed by atoms with Crippen LogP contribution < -0.4 is 0 Å². The van der Waals surface area contributed by atoms with Crippen molar-refractivity contribution in [2.45, 2.75) is 26.1 Å². The summed E-state index contributed by atoms with van der Waals surface area (Å²) in [5, 5.41) is 0. The Balaban J connectivity index is 3.20. The monoisotopic (exact) mass is 256 g/mol. The van der Waals surface area contributed by atoms with Crippen LogP contribution in [0.1, 0.15) is 13.8 Å². The molecule has 0 spiro atoms. The van der Waals surface area contributed by atoms with Gasteiger partial charge in [0.25, 0.3) is 0 Å². The van der Waals surface area contributed by atoms with Gasteiger partial charge in [-0.1, -0.05) is 0 Å². The molecule has 0 aliphatic carbocycles. The summed E-state index contributed by atoms with van der Waals surface area (Å²) in [5.74, 6) is 0. The summed E-state index contributed by atoms with van der Waals surface area (Å²) in [5.41, 5.74) is -2.94. The van der Waals surface area contributed by atoms with Gasteiger partial charge in [-0.2, -0.15) is 17.6 Å². The average molecular weight is 257 g/mol. The van der Waals surface area contributed by atoms with Crippen molar-refractivity contribution in [3.8, 4) is 0 Å². The Bertz CT molecular complexity index is 281. The highest BCUT2D eigenvalue weighted by Gasteiger charge is 2.72. The third-order valence-corrected chi connectivity index (χ3v) is 3.21. The predicted molar refractivity (Wildman–Crippen MR) is 39.3 cm³/mol. The molecule has 0 unspecified atom stereocenters. The largest absolute Gasteiger partial charge is 0.433 e. The van der Waals surface area contributed by atoms with Crippen molar-refractivity contribution >= 4 is 18.2 Å². The molecule has 0 aromatic carbocycles. The van der Waals surface area contributed by atoms with Gasteiger partial charge >= 0.3 is 19.2 Å². The third-order valence-electron chi connectivity index (χ3n) is 1.90. The maximum Gasteiger partial charge on any atom is 0.433 e. The Hall–Kier alpha value is 0.160. The fourth-order valence-corrected chi connectivity index (χ4v) is 2.25. The van der Waals surface area contributed by atoms with Gasteiger partial charge in [-0.3, -0.25) is 0 Å². The van der Waals surface area contributed by atoms with Gasteiger partial charge in [0.2, 0.25) is 0 Å². The fourth-order valence-electron chi connectivity index (χ4n) is 0.690. The summed E-state index contributed by atoms with van der Waals surface area (Å²) in [6, 6.07) is 0. The van der Waals surface area contributed by atoms with E-state index in [9.17, 15) is 22.1 Å². The number of alkyl halides is 4. The lowest BCUT2D eigenvalue weighted by Crippen LogP contribution is -2.55. The molecular weight excluding hydrogens is 250 g/mol. The molecule has 3 nitrogen and oxygen atoms in total. The second kappa shape index (κ2) is 2.84. The van der Waals surface area contributed by atoms with E-state index in [0.717, 1.165) is 0 Å². The van der Waals surface area contributed by atoms with E-state index in [-0.39, 0.29) is 0 Å². The minimum Gasteiger partial charge on any atom is -0.240 e. The van der Waals surface area contributed by atoms with Gasteiger partial charge in [0.1, 0.15) is 5.41 Å². The van der Waals surface area contributed by atoms with E-state index in [1.165, 1.54) is 0 Å². The predicted octanol–water partition coefficient (Wildman–Crippen LogP) is 3.59. The molecule has 1 aliphatic heterocycles. The van der Waals surface area contributed by atoms with Crippen LogP contribution in [0, 0.1) is 5.41 Å². The highest BCUT2D eigenvalue weighted by Crippen LogP contribution is 2.70. The summed E-state index contributed by atoms with van der Waals surface area (Å²) in [4.78, 5) is 0. The molecule has 14 heavy (non-hydrogen) atoms. The van der Waals surface area contributed by atoms with Gasteiger partial charge < -0.3 is 0 Å². The third kappa shape index (κ3) is 1.66. The highest BCUT2D eigenvalue weighted by atomic mass is 35.7. The van der Waals surface area contributed by atoms with Crippen LogP contribution in [0.5, 0.6) is 0 Å². The van der Waals surface area contributed by atoms with E-state index in [1.54, 1.807) is 0 Å². The smallest absolute Gasteiger partial charge is 0.240 e.